The minimum Gasteiger partial charge on any atom is -0.496 e. The van der Waals surface area contributed by atoms with Gasteiger partial charge in [-0.3, -0.25) is 0 Å². The molecule has 4 heteroatoms. The molecule has 15 heavy (non-hydrogen) atoms. The first-order valence-electron chi connectivity index (χ1n) is 4.57. The van der Waals surface area contributed by atoms with Crippen molar-refractivity contribution in [1.29, 1.82) is 0 Å². The number of methoxy groups -OCH3 is 1. The van der Waals surface area contributed by atoms with Crippen molar-refractivity contribution < 1.29 is 4.74 Å². The van der Waals surface area contributed by atoms with Gasteiger partial charge in [0.25, 0.3) is 0 Å². The first-order chi connectivity index (χ1) is 7.31. The zero-order valence-electron chi connectivity index (χ0n) is 8.27. The number of halogens is 1. The second-order valence-electron chi connectivity index (χ2n) is 3.16. The third kappa shape index (κ3) is 2.54. The maximum absolute atomic E-state index is 6.36. The van der Waals surface area contributed by atoms with E-state index < -0.39 is 0 Å². The Hall–Kier alpha value is -0.510. The van der Waals surface area contributed by atoms with E-state index in [-0.39, 0.29) is 5.38 Å². The highest BCUT2D eigenvalue weighted by Crippen LogP contribution is 2.36. The average molecular weight is 259 g/mol. The molecule has 2 aromatic rings. The van der Waals surface area contributed by atoms with Crippen molar-refractivity contribution >= 4 is 34.3 Å². The van der Waals surface area contributed by atoms with Gasteiger partial charge in [0.1, 0.15) is 5.75 Å². The van der Waals surface area contributed by atoms with Crippen molar-refractivity contribution in [3.8, 4) is 5.75 Å². The van der Waals surface area contributed by atoms with Crippen molar-refractivity contribution in [3.05, 3.63) is 38.7 Å². The molecule has 0 radical (unpaired) electrons. The zero-order chi connectivity index (χ0) is 10.7. The van der Waals surface area contributed by atoms with E-state index in [1.807, 2.05) is 11.4 Å². The third-order valence-corrected chi connectivity index (χ3v) is 4.40. The summed E-state index contributed by atoms with van der Waals surface area (Å²) in [6, 6.07) is 4.07. The summed E-state index contributed by atoms with van der Waals surface area (Å²) >= 11 is 9.71. The second-order valence-corrected chi connectivity index (χ2v) is 5.41. The molecule has 0 amide bonds. The van der Waals surface area contributed by atoms with Gasteiger partial charge in [-0.2, -0.15) is 11.3 Å². The Morgan fingerprint density at radius 3 is 2.93 bits per heavy atom. The maximum atomic E-state index is 6.36. The summed E-state index contributed by atoms with van der Waals surface area (Å²) in [5, 5.41) is 6.23. The molecular weight excluding hydrogens is 248 g/mol. The normalized spacial score (nSPS) is 12.7. The molecule has 0 saturated carbocycles. The van der Waals surface area contributed by atoms with Crippen LogP contribution in [0.4, 0.5) is 0 Å². The monoisotopic (exact) mass is 258 g/mol. The molecule has 1 atom stereocenters. The van der Waals surface area contributed by atoms with Crippen LogP contribution in [-0.2, 0) is 6.42 Å². The van der Waals surface area contributed by atoms with Crippen LogP contribution in [0.3, 0.4) is 0 Å². The molecule has 2 rings (SSSR count). The highest BCUT2D eigenvalue weighted by Gasteiger charge is 2.15. The van der Waals surface area contributed by atoms with Crippen LogP contribution in [0.25, 0.3) is 0 Å². The highest BCUT2D eigenvalue weighted by molar-refractivity contribution is 7.10. The topological polar surface area (TPSA) is 9.23 Å². The predicted octanol–water partition coefficient (Wildman–Crippen LogP) is 4.34. The standard InChI is InChI=1S/C11H11ClOS2/c1-13-10-3-5-15-11(10)9(12)6-8-2-4-14-7-8/h2-5,7,9H,6H2,1H3. The molecule has 0 saturated heterocycles. The van der Waals surface area contributed by atoms with Crippen LogP contribution >= 0.6 is 34.3 Å². The summed E-state index contributed by atoms with van der Waals surface area (Å²) in [7, 11) is 1.68. The molecule has 2 aromatic heterocycles. The lowest BCUT2D eigenvalue weighted by atomic mass is 10.1. The zero-order valence-corrected chi connectivity index (χ0v) is 10.7. The van der Waals surface area contributed by atoms with Crippen LogP contribution in [-0.4, -0.2) is 7.11 Å². The molecule has 0 aromatic carbocycles. The van der Waals surface area contributed by atoms with Crippen LogP contribution in [0.15, 0.2) is 28.3 Å². The van der Waals surface area contributed by atoms with Crippen LogP contribution in [0, 0.1) is 0 Å². The van der Waals surface area contributed by atoms with Gasteiger partial charge >= 0.3 is 0 Å². The first-order valence-corrected chi connectivity index (χ1v) is 6.83. The molecule has 0 N–H and O–H groups in total. The molecule has 0 aliphatic rings. The summed E-state index contributed by atoms with van der Waals surface area (Å²) in [6.45, 7) is 0. The lowest BCUT2D eigenvalue weighted by Gasteiger charge is -2.08. The van der Waals surface area contributed by atoms with E-state index >= 15 is 0 Å². The molecule has 1 nitrogen and oxygen atoms in total. The molecule has 0 bridgehead atoms. The van der Waals surface area contributed by atoms with Crippen molar-refractivity contribution in [2.45, 2.75) is 11.8 Å². The SMILES string of the molecule is COc1ccsc1C(Cl)Cc1ccsc1. The minimum absolute atomic E-state index is 0.00884. The minimum atomic E-state index is 0.00884. The Kier molecular flexibility index (Phi) is 3.67. The summed E-state index contributed by atoms with van der Waals surface area (Å²) in [4.78, 5) is 1.12. The van der Waals surface area contributed by atoms with Gasteiger partial charge in [0.2, 0.25) is 0 Å². The Labute approximate surface area is 102 Å². The summed E-state index contributed by atoms with van der Waals surface area (Å²) in [6.07, 6.45) is 0.863. The fraction of sp³-hybridized carbons (Fsp3) is 0.273. The van der Waals surface area contributed by atoms with Gasteiger partial charge in [-0.1, -0.05) is 0 Å². The Balaban J connectivity index is 2.11. The number of rotatable bonds is 4. The molecule has 1 unspecified atom stereocenters. The van der Waals surface area contributed by atoms with E-state index in [2.05, 4.69) is 16.8 Å². The van der Waals surface area contributed by atoms with Gasteiger partial charge in [-0.05, 0) is 40.3 Å². The molecule has 0 fully saturated rings. The molecule has 0 spiro atoms. The van der Waals surface area contributed by atoms with E-state index in [4.69, 9.17) is 16.3 Å². The fourth-order valence-corrected chi connectivity index (χ4v) is 3.37. The Bertz CT molecular complexity index is 408. The smallest absolute Gasteiger partial charge is 0.134 e. The number of alkyl halides is 1. The van der Waals surface area contributed by atoms with Crippen molar-refractivity contribution in [1.82, 2.24) is 0 Å². The maximum Gasteiger partial charge on any atom is 0.134 e. The molecule has 80 valence electrons. The third-order valence-electron chi connectivity index (χ3n) is 2.16. The predicted molar refractivity (Wildman–Crippen MR) is 67.5 cm³/mol. The summed E-state index contributed by atoms with van der Waals surface area (Å²) in [5.74, 6) is 0.898. The number of hydrogen-bond donors (Lipinski definition) is 0. The number of hydrogen-bond acceptors (Lipinski definition) is 3. The number of ether oxygens (including phenoxy) is 1. The average Bonchev–Trinajstić information content (AvgIpc) is 2.86. The lowest BCUT2D eigenvalue weighted by Crippen LogP contribution is -1.94. The van der Waals surface area contributed by atoms with E-state index in [1.165, 1.54) is 5.56 Å². The lowest BCUT2D eigenvalue weighted by molar-refractivity contribution is 0.412. The first kappa shape index (κ1) is 11.0. The van der Waals surface area contributed by atoms with Crippen LogP contribution in [0.2, 0.25) is 0 Å². The molecule has 2 heterocycles. The van der Waals surface area contributed by atoms with Gasteiger partial charge < -0.3 is 4.74 Å². The number of thiophene rings is 2. The molecule has 0 aliphatic heterocycles. The van der Waals surface area contributed by atoms with Crippen LogP contribution in [0.1, 0.15) is 15.8 Å². The van der Waals surface area contributed by atoms with Crippen molar-refractivity contribution in [2.75, 3.05) is 7.11 Å². The Morgan fingerprint density at radius 1 is 1.40 bits per heavy atom. The summed E-state index contributed by atoms with van der Waals surface area (Å²) < 4.78 is 5.25. The molecule has 0 aliphatic carbocycles. The van der Waals surface area contributed by atoms with Crippen molar-refractivity contribution in [2.24, 2.45) is 0 Å². The highest BCUT2D eigenvalue weighted by atomic mass is 35.5. The molecular formula is C11H11ClOS2. The van der Waals surface area contributed by atoms with Gasteiger partial charge in [-0.25, -0.2) is 0 Å². The van der Waals surface area contributed by atoms with Gasteiger partial charge in [0.15, 0.2) is 0 Å². The van der Waals surface area contributed by atoms with Gasteiger partial charge in [0, 0.05) is 0 Å². The van der Waals surface area contributed by atoms with Crippen LogP contribution < -0.4 is 4.74 Å². The Morgan fingerprint density at radius 2 is 2.27 bits per heavy atom. The second kappa shape index (κ2) is 5.01. The van der Waals surface area contributed by atoms with E-state index in [1.54, 1.807) is 29.8 Å². The van der Waals surface area contributed by atoms with Gasteiger partial charge in [0.05, 0.1) is 17.4 Å². The van der Waals surface area contributed by atoms with E-state index in [9.17, 15) is 0 Å². The quantitative estimate of drug-likeness (QED) is 0.742. The fourth-order valence-electron chi connectivity index (χ4n) is 1.41. The van der Waals surface area contributed by atoms with Crippen molar-refractivity contribution in [3.63, 3.8) is 0 Å². The largest absolute Gasteiger partial charge is 0.496 e. The van der Waals surface area contributed by atoms with E-state index in [0.29, 0.717) is 0 Å². The summed E-state index contributed by atoms with van der Waals surface area (Å²) in [5.41, 5.74) is 1.29. The van der Waals surface area contributed by atoms with Gasteiger partial charge in [-0.15, -0.1) is 22.9 Å². The van der Waals surface area contributed by atoms with Crippen LogP contribution in [0.5, 0.6) is 5.75 Å². The van der Waals surface area contributed by atoms with E-state index in [0.717, 1.165) is 17.0 Å².